The van der Waals surface area contributed by atoms with Gasteiger partial charge in [-0.2, -0.15) is 13.2 Å². The number of halogens is 4. The summed E-state index contributed by atoms with van der Waals surface area (Å²) >= 11 is 5.61. The molecule has 0 aliphatic rings. The van der Waals surface area contributed by atoms with E-state index in [0.29, 0.717) is 12.1 Å². The Balaban J connectivity index is 1.56. The van der Waals surface area contributed by atoms with Gasteiger partial charge in [-0.05, 0) is 53.9 Å². The predicted molar refractivity (Wildman–Crippen MR) is 104 cm³/mol. The van der Waals surface area contributed by atoms with Crippen molar-refractivity contribution in [1.29, 1.82) is 0 Å². The Kier molecular flexibility index (Phi) is 6.49. The lowest BCUT2D eigenvalue weighted by atomic mass is 10.1. The van der Waals surface area contributed by atoms with Gasteiger partial charge in [-0.1, -0.05) is 17.7 Å². The molecule has 1 amide bonds. The molecule has 2 heterocycles. The van der Waals surface area contributed by atoms with Crippen LogP contribution in [0.15, 0.2) is 61.1 Å². The lowest BCUT2D eigenvalue weighted by Gasteiger charge is -2.11. The number of carbonyl (C=O) groups is 1. The number of rotatable bonds is 6. The molecule has 0 radical (unpaired) electrons. The SMILES string of the molecule is O=C(CCc1ccc(Cl)c(C(F)(F)F)c1)NCc1ccnc(-c2cccnc2)c1. The smallest absolute Gasteiger partial charge is 0.352 e. The van der Waals surface area contributed by atoms with E-state index in [0.717, 1.165) is 22.9 Å². The van der Waals surface area contributed by atoms with Gasteiger partial charge in [-0.15, -0.1) is 0 Å². The molecule has 150 valence electrons. The fourth-order valence-corrected chi connectivity index (χ4v) is 2.97. The Bertz CT molecular complexity index is 994. The molecule has 0 atom stereocenters. The number of nitrogens with zero attached hydrogens (tertiary/aromatic N) is 2. The van der Waals surface area contributed by atoms with Crippen molar-refractivity contribution in [2.75, 3.05) is 0 Å². The summed E-state index contributed by atoms with van der Waals surface area (Å²) in [5, 5.41) is 2.42. The number of pyridine rings is 2. The maximum atomic E-state index is 12.9. The van der Waals surface area contributed by atoms with E-state index in [1.165, 1.54) is 12.1 Å². The van der Waals surface area contributed by atoms with Crippen LogP contribution in [0.4, 0.5) is 13.2 Å². The Hall–Kier alpha value is -2.93. The lowest BCUT2D eigenvalue weighted by molar-refractivity contribution is -0.137. The molecule has 0 aliphatic carbocycles. The first-order valence-electron chi connectivity index (χ1n) is 8.80. The van der Waals surface area contributed by atoms with Crippen LogP contribution in [-0.2, 0) is 23.9 Å². The highest BCUT2D eigenvalue weighted by atomic mass is 35.5. The molecular weight excluding hydrogens is 403 g/mol. The van der Waals surface area contributed by atoms with Crippen molar-refractivity contribution in [3.05, 3.63) is 82.8 Å². The molecular formula is C21H17ClF3N3O. The Morgan fingerprint density at radius 1 is 1.07 bits per heavy atom. The van der Waals surface area contributed by atoms with Crippen LogP contribution in [0.25, 0.3) is 11.3 Å². The zero-order valence-electron chi connectivity index (χ0n) is 15.2. The topological polar surface area (TPSA) is 54.9 Å². The van der Waals surface area contributed by atoms with E-state index < -0.39 is 11.7 Å². The van der Waals surface area contributed by atoms with Crippen LogP contribution < -0.4 is 5.32 Å². The molecule has 0 fully saturated rings. The van der Waals surface area contributed by atoms with Gasteiger partial charge in [0.2, 0.25) is 5.91 Å². The summed E-state index contributed by atoms with van der Waals surface area (Å²) in [6.45, 7) is 0.295. The second kappa shape index (κ2) is 9.05. The van der Waals surface area contributed by atoms with E-state index >= 15 is 0 Å². The van der Waals surface area contributed by atoms with Gasteiger partial charge in [0.15, 0.2) is 0 Å². The van der Waals surface area contributed by atoms with Crippen LogP contribution in [0.5, 0.6) is 0 Å². The van der Waals surface area contributed by atoms with E-state index in [1.54, 1.807) is 24.7 Å². The van der Waals surface area contributed by atoms with Crippen LogP contribution in [-0.4, -0.2) is 15.9 Å². The minimum Gasteiger partial charge on any atom is -0.352 e. The van der Waals surface area contributed by atoms with Gasteiger partial charge >= 0.3 is 6.18 Å². The van der Waals surface area contributed by atoms with Crippen LogP contribution >= 0.6 is 11.6 Å². The zero-order valence-corrected chi connectivity index (χ0v) is 16.0. The van der Waals surface area contributed by atoms with Crippen LogP contribution in [0.3, 0.4) is 0 Å². The van der Waals surface area contributed by atoms with Crippen molar-refractivity contribution < 1.29 is 18.0 Å². The fourth-order valence-electron chi connectivity index (χ4n) is 2.75. The number of aryl methyl sites for hydroxylation is 1. The molecule has 2 aromatic heterocycles. The van der Waals surface area contributed by atoms with E-state index in [-0.39, 0.29) is 23.8 Å². The number of hydrogen-bond donors (Lipinski definition) is 1. The van der Waals surface area contributed by atoms with Gasteiger partial charge in [0.05, 0.1) is 16.3 Å². The van der Waals surface area contributed by atoms with Gasteiger partial charge in [0.25, 0.3) is 0 Å². The normalized spacial score (nSPS) is 11.3. The minimum atomic E-state index is -4.53. The first-order valence-corrected chi connectivity index (χ1v) is 9.18. The molecule has 0 saturated carbocycles. The highest BCUT2D eigenvalue weighted by molar-refractivity contribution is 6.31. The summed E-state index contributed by atoms with van der Waals surface area (Å²) in [5.41, 5.74) is 1.98. The van der Waals surface area contributed by atoms with Crippen LogP contribution in [0.1, 0.15) is 23.1 Å². The number of nitrogens with one attached hydrogen (secondary N) is 1. The Morgan fingerprint density at radius 3 is 2.62 bits per heavy atom. The van der Waals surface area contributed by atoms with Gasteiger partial charge in [0, 0.05) is 37.1 Å². The molecule has 3 aromatic rings. The third kappa shape index (κ3) is 5.77. The molecule has 0 spiro atoms. The highest BCUT2D eigenvalue weighted by Gasteiger charge is 2.33. The van der Waals surface area contributed by atoms with Gasteiger partial charge in [0.1, 0.15) is 0 Å². The first kappa shape index (κ1) is 20.8. The molecule has 0 saturated heterocycles. The summed E-state index contributed by atoms with van der Waals surface area (Å²) in [6.07, 6.45) is 0.750. The Labute approximate surface area is 170 Å². The van der Waals surface area contributed by atoms with E-state index in [1.807, 2.05) is 18.2 Å². The standard InChI is InChI=1S/C21H17ClF3N3O/c22-18-5-3-14(10-17(18)21(23,24)25)4-6-20(29)28-12-15-7-9-27-19(11-15)16-2-1-8-26-13-16/h1-3,5,7-11,13H,4,6,12H2,(H,28,29). The summed E-state index contributed by atoms with van der Waals surface area (Å²) < 4.78 is 38.8. The predicted octanol–water partition coefficient (Wildman–Crippen LogP) is 5.06. The second-order valence-corrected chi connectivity index (χ2v) is 6.79. The van der Waals surface area contributed by atoms with Gasteiger partial charge in [-0.3, -0.25) is 14.8 Å². The van der Waals surface area contributed by atoms with Crippen molar-refractivity contribution in [1.82, 2.24) is 15.3 Å². The third-order valence-corrected chi connectivity index (χ3v) is 4.58. The van der Waals surface area contributed by atoms with Crippen LogP contribution in [0, 0.1) is 0 Å². The fraction of sp³-hybridized carbons (Fsp3) is 0.190. The number of aromatic nitrogens is 2. The monoisotopic (exact) mass is 419 g/mol. The lowest BCUT2D eigenvalue weighted by Crippen LogP contribution is -2.23. The first-order chi connectivity index (χ1) is 13.8. The zero-order chi connectivity index (χ0) is 20.9. The minimum absolute atomic E-state index is 0.0689. The molecule has 8 heteroatoms. The summed E-state index contributed by atoms with van der Waals surface area (Å²) in [4.78, 5) is 20.5. The largest absolute Gasteiger partial charge is 0.417 e. The molecule has 29 heavy (non-hydrogen) atoms. The van der Waals surface area contributed by atoms with Crippen molar-refractivity contribution in [3.63, 3.8) is 0 Å². The molecule has 3 rings (SSSR count). The van der Waals surface area contributed by atoms with Crippen molar-refractivity contribution in [2.24, 2.45) is 0 Å². The molecule has 0 unspecified atom stereocenters. The maximum absolute atomic E-state index is 12.9. The summed E-state index contributed by atoms with van der Waals surface area (Å²) in [7, 11) is 0. The quantitative estimate of drug-likeness (QED) is 0.607. The molecule has 0 aliphatic heterocycles. The van der Waals surface area contributed by atoms with Crippen LogP contribution in [0.2, 0.25) is 5.02 Å². The average Bonchev–Trinajstić information content (AvgIpc) is 2.71. The Morgan fingerprint density at radius 2 is 1.90 bits per heavy atom. The summed E-state index contributed by atoms with van der Waals surface area (Å²) in [5.74, 6) is -0.256. The van der Waals surface area contributed by atoms with Crippen molar-refractivity contribution in [2.45, 2.75) is 25.6 Å². The maximum Gasteiger partial charge on any atom is 0.417 e. The van der Waals surface area contributed by atoms with Crippen molar-refractivity contribution >= 4 is 17.5 Å². The number of amides is 1. The van der Waals surface area contributed by atoms with Gasteiger partial charge in [-0.25, -0.2) is 0 Å². The van der Waals surface area contributed by atoms with E-state index in [4.69, 9.17) is 11.6 Å². The third-order valence-electron chi connectivity index (χ3n) is 4.25. The van der Waals surface area contributed by atoms with Gasteiger partial charge < -0.3 is 5.32 Å². The van der Waals surface area contributed by atoms with E-state index in [9.17, 15) is 18.0 Å². The number of hydrogen-bond acceptors (Lipinski definition) is 3. The summed E-state index contributed by atoms with van der Waals surface area (Å²) in [6, 6.07) is 11.0. The number of benzene rings is 1. The molecule has 1 aromatic carbocycles. The molecule has 4 nitrogen and oxygen atoms in total. The second-order valence-electron chi connectivity index (χ2n) is 6.38. The van der Waals surface area contributed by atoms with E-state index in [2.05, 4.69) is 15.3 Å². The highest BCUT2D eigenvalue weighted by Crippen LogP contribution is 2.35. The number of carbonyl (C=O) groups excluding carboxylic acids is 1. The number of alkyl halides is 3. The molecule has 0 bridgehead atoms. The molecule has 1 N–H and O–H groups in total. The average molecular weight is 420 g/mol. The van der Waals surface area contributed by atoms with Crippen molar-refractivity contribution in [3.8, 4) is 11.3 Å².